The van der Waals surface area contributed by atoms with E-state index in [0.717, 1.165) is 37.1 Å². The monoisotopic (exact) mass is 520 g/mol. The van der Waals surface area contributed by atoms with Crippen LogP contribution in [-0.4, -0.2) is 69.6 Å². The van der Waals surface area contributed by atoms with Crippen molar-refractivity contribution in [2.75, 3.05) is 13.1 Å². The first kappa shape index (κ1) is 24.3. The normalized spacial score (nSPS) is 36.4. The summed E-state index contributed by atoms with van der Waals surface area (Å²) < 4.78 is 12.3. The van der Waals surface area contributed by atoms with Crippen molar-refractivity contribution in [3.05, 3.63) is 34.9 Å². The minimum Gasteiger partial charge on any atom is -0.483 e. The minimum absolute atomic E-state index is 0.0492. The summed E-state index contributed by atoms with van der Waals surface area (Å²) in [5.74, 6) is 0.700. The van der Waals surface area contributed by atoms with E-state index in [1.54, 1.807) is 6.07 Å². The van der Waals surface area contributed by atoms with Crippen LogP contribution < -0.4 is 9.47 Å². The number of imide groups is 1. The van der Waals surface area contributed by atoms with Crippen molar-refractivity contribution < 1.29 is 29.0 Å². The second-order valence-electron chi connectivity index (χ2n) is 12.2. The van der Waals surface area contributed by atoms with Crippen LogP contribution in [0.15, 0.2) is 23.8 Å². The zero-order chi connectivity index (χ0) is 26.4. The Balaban J connectivity index is 1.35. The Morgan fingerprint density at radius 3 is 2.79 bits per heavy atom. The first-order chi connectivity index (χ1) is 18.3. The quantitative estimate of drug-likeness (QED) is 0.267. The van der Waals surface area contributed by atoms with Gasteiger partial charge in [0.15, 0.2) is 11.5 Å². The third kappa shape index (κ3) is 3.19. The van der Waals surface area contributed by atoms with E-state index < -0.39 is 29.1 Å². The number of likely N-dealkylation sites (tertiary alicyclic amines) is 2. The minimum atomic E-state index is -1.05. The lowest BCUT2D eigenvalue weighted by molar-refractivity contribution is -0.201. The molecule has 2 saturated carbocycles. The first-order valence-electron chi connectivity index (χ1n) is 14.3. The lowest BCUT2D eigenvalue weighted by Gasteiger charge is -2.64. The van der Waals surface area contributed by atoms with Gasteiger partial charge in [0.1, 0.15) is 6.10 Å². The van der Waals surface area contributed by atoms with Gasteiger partial charge in [-0.1, -0.05) is 25.5 Å². The predicted molar refractivity (Wildman–Crippen MR) is 138 cm³/mol. The van der Waals surface area contributed by atoms with E-state index >= 15 is 0 Å². The Morgan fingerprint density at radius 2 is 2.05 bits per heavy atom. The molecule has 6 aliphatic rings. The molecule has 0 unspecified atom stereocenters. The van der Waals surface area contributed by atoms with E-state index in [-0.39, 0.29) is 24.3 Å². The summed E-state index contributed by atoms with van der Waals surface area (Å²) in [4.78, 5) is 42.7. The van der Waals surface area contributed by atoms with Gasteiger partial charge < -0.3 is 14.6 Å². The fraction of sp³-hybridized carbons (Fsp3) is 0.633. The molecule has 2 saturated heterocycles. The number of nitrogens with zero attached hydrogens (tertiary/aromatic N) is 2. The van der Waals surface area contributed by atoms with Gasteiger partial charge in [-0.2, -0.15) is 0 Å². The SMILES string of the molecule is CCC/C=C1\CC(=O)N([C@@H]2CC[C@@]3(O)[C@H]4Cc5ccc(OC(C)=O)c6c5[C@@]3(CCN4CC3CC3)[C@H]2O6)C1=O. The van der Waals surface area contributed by atoms with Crippen molar-refractivity contribution in [1.82, 2.24) is 9.80 Å². The van der Waals surface area contributed by atoms with Crippen LogP contribution in [0.1, 0.15) is 76.3 Å². The number of unbranched alkanes of at least 4 members (excludes halogenated alkanes) is 1. The highest BCUT2D eigenvalue weighted by atomic mass is 16.6. The Hall–Kier alpha value is -2.71. The van der Waals surface area contributed by atoms with E-state index in [1.807, 2.05) is 19.1 Å². The number of hydrogen-bond acceptors (Lipinski definition) is 7. The molecule has 8 nitrogen and oxygen atoms in total. The van der Waals surface area contributed by atoms with E-state index in [2.05, 4.69) is 4.90 Å². The second kappa shape index (κ2) is 8.39. The number of piperidine rings is 1. The highest BCUT2D eigenvalue weighted by Gasteiger charge is 2.74. The number of carbonyl (C=O) groups excluding carboxylic acids is 3. The molecule has 8 heteroatoms. The Morgan fingerprint density at radius 1 is 1.24 bits per heavy atom. The predicted octanol–water partition coefficient (Wildman–Crippen LogP) is 3.03. The molecule has 3 aliphatic carbocycles. The molecular weight excluding hydrogens is 484 g/mol. The molecule has 3 heterocycles. The third-order valence-electron chi connectivity index (χ3n) is 10.1. The standard InChI is InChI=1S/C30H36N2O6/c1-3-4-5-20-15-24(34)32(28(20)35)21-10-11-30(36)23-14-19-8-9-22(37-17(2)33)26-25(19)29(30,27(21)38-26)12-13-31(23)16-18-6-7-18/h5,8-9,18,21,23,27,36H,3-4,6-7,10-16H2,1-2H3/b20-5+/t21-,23-,27+,29+,30-/m1/s1. The largest absolute Gasteiger partial charge is 0.483 e. The number of allylic oxidation sites excluding steroid dienone is 1. The average molecular weight is 521 g/mol. The number of carbonyl (C=O) groups is 3. The summed E-state index contributed by atoms with van der Waals surface area (Å²) in [6.07, 6.45) is 7.95. The van der Waals surface area contributed by atoms with Gasteiger partial charge in [-0.25, -0.2) is 0 Å². The topological polar surface area (TPSA) is 96.4 Å². The van der Waals surface area contributed by atoms with Crippen LogP contribution in [-0.2, 0) is 26.2 Å². The molecule has 2 amide bonds. The van der Waals surface area contributed by atoms with Crippen molar-refractivity contribution in [2.45, 2.75) is 101 Å². The fourth-order valence-electron chi connectivity index (χ4n) is 8.35. The summed E-state index contributed by atoms with van der Waals surface area (Å²) in [5, 5.41) is 12.7. The zero-order valence-corrected chi connectivity index (χ0v) is 22.2. The van der Waals surface area contributed by atoms with Gasteiger partial charge >= 0.3 is 5.97 Å². The van der Waals surface area contributed by atoms with Crippen LogP contribution in [0.5, 0.6) is 11.5 Å². The molecule has 2 bridgehead atoms. The third-order valence-corrected chi connectivity index (χ3v) is 10.1. The lowest BCUT2D eigenvalue weighted by Crippen LogP contribution is -2.78. The van der Waals surface area contributed by atoms with Crippen molar-refractivity contribution in [1.29, 1.82) is 0 Å². The maximum atomic E-state index is 13.5. The van der Waals surface area contributed by atoms with Crippen molar-refractivity contribution in [2.24, 2.45) is 5.92 Å². The Labute approximate surface area is 222 Å². The molecule has 0 radical (unpaired) electrons. The summed E-state index contributed by atoms with van der Waals surface area (Å²) in [7, 11) is 0. The highest BCUT2D eigenvalue weighted by Crippen LogP contribution is 2.66. The molecule has 1 spiro atoms. The van der Waals surface area contributed by atoms with Crippen molar-refractivity contribution >= 4 is 17.8 Å². The Bertz CT molecular complexity index is 1270. The number of amides is 2. The van der Waals surface area contributed by atoms with Gasteiger partial charge in [0.05, 0.1) is 23.5 Å². The van der Waals surface area contributed by atoms with Gasteiger partial charge in [0.25, 0.3) is 5.91 Å². The number of esters is 1. The molecule has 4 fully saturated rings. The van der Waals surface area contributed by atoms with Crippen LogP contribution in [0.25, 0.3) is 0 Å². The molecule has 5 atom stereocenters. The number of ether oxygens (including phenoxy) is 2. The second-order valence-corrected chi connectivity index (χ2v) is 12.2. The average Bonchev–Trinajstić information content (AvgIpc) is 3.55. The zero-order valence-electron chi connectivity index (χ0n) is 22.2. The summed E-state index contributed by atoms with van der Waals surface area (Å²) in [6, 6.07) is 3.27. The van der Waals surface area contributed by atoms with E-state index in [4.69, 9.17) is 9.47 Å². The van der Waals surface area contributed by atoms with Gasteiger partial charge in [0.2, 0.25) is 5.91 Å². The Kier molecular flexibility index (Phi) is 5.38. The molecule has 3 aliphatic heterocycles. The fourth-order valence-corrected chi connectivity index (χ4v) is 8.35. The van der Waals surface area contributed by atoms with E-state index in [1.165, 1.54) is 24.7 Å². The molecule has 1 N–H and O–H groups in total. The van der Waals surface area contributed by atoms with Crippen molar-refractivity contribution in [3.8, 4) is 11.5 Å². The number of aliphatic hydroxyl groups is 1. The molecule has 38 heavy (non-hydrogen) atoms. The molecule has 7 rings (SSSR count). The van der Waals surface area contributed by atoms with Crippen LogP contribution in [0.4, 0.5) is 0 Å². The van der Waals surface area contributed by atoms with E-state index in [0.29, 0.717) is 48.7 Å². The van der Waals surface area contributed by atoms with E-state index in [9.17, 15) is 19.5 Å². The molecule has 1 aromatic carbocycles. The number of rotatable bonds is 6. The lowest BCUT2D eigenvalue weighted by atomic mass is 9.48. The first-order valence-corrected chi connectivity index (χ1v) is 14.3. The number of benzene rings is 1. The highest BCUT2D eigenvalue weighted by molar-refractivity contribution is 6.13. The van der Waals surface area contributed by atoms with Gasteiger partial charge in [-0.15, -0.1) is 0 Å². The van der Waals surface area contributed by atoms with Crippen LogP contribution in [0.2, 0.25) is 0 Å². The maximum Gasteiger partial charge on any atom is 0.308 e. The summed E-state index contributed by atoms with van der Waals surface area (Å²) in [6.45, 7) is 5.24. The summed E-state index contributed by atoms with van der Waals surface area (Å²) in [5.41, 5.74) is 0.776. The van der Waals surface area contributed by atoms with Crippen LogP contribution in [0, 0.1) is 5.92 Å². The summed E-state index contributed by atoms with van der Waals surface area (Å²) >= 11 is 0. The van der Waals surface area contributed by atoms with Gasteiger partial charge in [-0.3, -0.25) is 24.2 Å². The smallest absolute Gasteiger partial charge is 0.308 e. The van der Waals surface area contributed by atoms with Gasteiger partial charge in [0, 0.05) is 30.6 Å². The van der Waals surface area contributed by atoms with Gasteiger partial charge in [-0.05, 0) is 69.0 Å². The number of hydrogen-bond donors (Lipinski definition) is 1. The molecule has 0 aromatic heterocycles. The molecule has 202 valence electrons. The van der Waals surface area contributed by atoms with Crippen LogP contribution >= 0.6 is 0 Å². The molecule has 1 aromatic rings. The molecular formula is C30H36N2O6. The van der Waals surface area contributed by atoms with Crippen molar-refractivity contribution in [3.63, 3.8) is 0 Å². The van der Waals surface area contributed by atoms with Crippen LogP contribution in [0.3, 0.4) is 0 Å². The maximum absolute atomic E-state index is 13.5.